The zero-order valence-electron chi connectivity index (χ0n) is 12.3. The fraction of sp³-hybridized carbons (Fsp3) is 0.250. The number of amidine groups is 1. The number of ether oxygens (including phenoxy) is 1. The summed E-state index contributed by atoms with van der Waals surface area (Å²) in [5.41, 5.74) is 8.02. The van der Waals surface area contributed by atoms with E-state index in [1.807, 2.05) is 19.1 Å². The number of nitrogens with one attached hydrogen (secondary N) is 1. The van der Waals surface area contributed by atoms with Gasteiger partial charge in [-0.2, -0.15) is 0 Å². The van der Waals surface area contributed by atoms with Crippen LogP contribution in [0.5, 0.6) is 11.5 Å². The summed E-state index contributed by atoms with van der Waals surface area (Å²) in [6, 6.07) is 5.47. The molecular formula is C16H18ClN3O. The van der Waals surface area contributed by atoms with Gasteiger partial charge in [-0.3, -0.25) is 10.4 Å². The van der Waals surface area contributed by atoms with E-state index in [2.05, 4.69) is 18.8 Å². The minimum atomic E-state index is -0.0527. The standard InChI is InChI=1S/C16H18ClN3O/c1-9(2)12-7-14(10(3)6-13(12)17)21-15-8-20-5-4-11(15)16(18)19/h4-9H,1-3H3,(H3,18,19). The molecule has 0 saturated carbocycles. The van der Waals surface area contributed by atoms with Gasteiger partial charge >= 0.3 is 0 Å². The molecule has 0 bridgehead atoms. The summed E-state index contributed by atoms with van der Waals surface area (Å²) in [5.74, 6) is 1.40. The van der Waals surface area contributed by atoms with Gasteiger partial charge in [-0.1, -0.05) is 25.4 Å². The molecule has 110 valence electrons. The van der Waals surface area contributed by atoms with Crippen LogP contribution >= 0.6 is 11.6 Å². The molecular weight excluding hydrogens is 286 g/mol. The molecule has 0 saturated heterocycles. The molecule has 0 aliphatic rings. The number of halogens is 1. The molecule has 0 aliphatic carbocycles. The van der Waals surface area contributed by atoms with E-state index in [0.29, 0.717) is 23.0 Å². The molecule has 0 radical (unpaired) electrons. The van der Waals surface area contributed by atoms with Crippen LogP contribution in [0, 0.1) is 12.3 Å². The van der Waals surface area contributed by atoms with Crippen LogP contribution in [-0.4, -0.2) is 10.8 Å². The Morgan fingerprint density at radius 2 is 2.05 bits per heavy atom. The van der Waals surface area contributed by atoms with E-state index in [1.165, 1.54) is 0 Å². The van der Waals surface area contributed by atoms with E-state index < -0.39 is 0 Å². The number of pyridine rings is 1. The lowest BCUT2D eigenvalue weighted by Gasteiger charge is -2.15. The van der Waals surface area contributed by atoms with Crippen LogP contribution in [0.15, 0.2) is 30.6 Å². The molecule has 3 N–H and O–H groups in total. The molecule has 2 rings (SSSR count). The highest BCUT2D eigenvalue weighted by Gasteiger charge is 2.13. The highest BCUT2D eigenvalue weighted by Crippen LogP contribution is 2.34. The van der Waals surface area contributed by atoms with E-state index >= 15 is 0 Å². The Morgan fingerprint density at radius 3 is 2.67 bits per heavy atom. The third-order valence-corrected chi connectivity index (χ3v) is 3.54. The monoisotopic (exact) mass is 303 g/mol. The van der Waals surface area contributed by atoms with Gasteiger partial charge in [0.2, 0.25) is 0 Å². The van der Waals surface area contributed by atoms with Crippen molar-refractivity contribution in [1.82, 2.24) is 4.98 Å². The van der Waals surface area contributed by atoms with Crippen molar-refractivity contribution >= 4 is 17.4 Å². The van der Waals surface area contributed by atoms with E-state index in [-0.39, 0.29) is 5.84 Å². The second kappa shape index (κ2) is 6.14. The molecule has 1 aromatic carbocycles. The first-order valence-corrected chi connectivity index (χ1v) is 7.04. The first kappa shape index (κ1) is 15.3. The fourth-order valence-electron chi connectivity index (χ4n) is 2.02. The summed E-state index contributed by atoms with van der Waals surface area (Å²) in [6.45, 7) is 6.08. The van der Waals surface area contributed by atoms with Crippen LogP contribution < -0.4 is 10.5 Å². The van der Waals surface area contributed by atoms with Gasteiger partial charge in [-0.15, -0.1) is 0 Å². The minimum Gasteiger partial charge on any atom is -0.455 e. The summed E-state index contributed by atoms with van der Waals surface area (Å²) < 4.78 is 5.91. The van der Waals surface area contributed by atoms with Crippen LogP contribution in [0.3, 0.4) is 0 Å². The van der Waals surface area contributed by atoms with Gasteiger partial charge < -0.3 is 10.5 Å². The third kappa shape index (κ3) is 3.34. The minimum absolute atomic E-state index is 0.0527. The molecule has 0 fully saturated rings. The first-order chi connectivity index (χ1) is 9.90. The van der Waals surface area contributed by atoms with Gasteiger partial charge in [0.1, 0.15) is 11.6 Å². The molecule has 5 heteroatoms. The molecule has 4 nitrogen and oxygen atoms in total. The van der Waals surface area contributed by atoms with Crippen LogP contribution in [0.25, 0.3) is 0 Å². The molecule has 0 atom stereocenters. The maximum Gasteiger partial charge on any atom is 0.156 e. The number of nitrogens with zero attached hydrogens (tertiary/aromatic N) is 1. The van der Waals surface area contributed by atoms with Crippen LogP contribution in [-0.2, 0) is 0 Å². The van der Waals surface area contributed by atoms with Crippen molar-refractivity contribution in [3.63, 3.8) is 0 Å². The summed E-state index contributed by atoms with van der Waals surface area (Å²) in [5, 5.41) is 8.32. The molecule has 0 spiro atoms. The third-order valence-electron chi connectivity index (χ3n) is 3.21. The maximum absolute atomic E-state index is 7.59. The normalized spacial score (nSPS) is 10.7. The van der Waals surface area contributed by atoms with Gasteiger partial charge in [0.25, 0.3) is 0 Å². The predicted octanol–water partition coefficient (Wildman–Crippen LogP) is 4.24. The van der Waals surface area contributed by atoms with Crippen molar-refractivity contribution in [2.75, 3.05) is 0 Å². The number of hydrogen-bond acceptors (Lipinski definition) is 3. The summed E-state index contributed by atoms with van der Waals surface area (Å²) in [4.78, 5) is 4.03. The molecule has 0 unspecified atom stereocenters. The highest BCUT2D eigenvalue weighted by molar-refractivity contribution is 6.31. The number of aryl methyl sites for hydroxylation is 1. The van der Waals surface area contributed by atoms with E-state index in [9.17, 15) is 0 Å². The largest absolute Gasteiger partial charge is 0.455 e. The van der Waals surface area contributed by atoms with Crippen molar-refractivity contribution in [1.29, 1.82) is 5.41 Å². The van der Waals surface area contributed by atoms with E-state index in [1.54, 1.807) is 18.5 Å². The Morgan fingerprint density at radius 1 is 1.33 bits per heavy atom. The highest BCUT2D eigenvalue weighted by atomic mass is 35.5. The van der Waals surface area contributed by atoms with E-state index in [0.717, 1.165) is 16.1 Å². The second-order valence-electron chi connectivity index (χ2n) is 5.18. The Hall–Kier alpha value is -2.07. The SMILES string of the molecule is Cc1cc(Cl)c(C(C)C)cc1Oc1cnccc1C(=N)N. The van der Waals surface area contributed by atoms with Crippen molar-refractivity contribution < 1.29 is 4.74 Å². The number of nitrogens with two attached hydrogens (primary N) is 1. The zero-order valence-corrected chi connectivity index (χ0v) is 13.0. The lowest BCUT2D eigenvalue weighted by molar-refractivity contribution is 0.474. The van der Waals surface area contributed by atoms with Gasteiger partial charge in [0.05, 0.1) is 11.8 Å². The topological polar surface area (TPSA) is 72.0 Å². The lowest BCUT2D eigenvalue weighted by atomic mass is 10.0. The fourth-order valence-corrected chi connectivity index (χ4v) is 2.46. The van der Waals surface area contributed by atoms with Gasteiger partial charge in [0, 0.05) is 11.2 Å². The molecule has 21 heavy (non-hydrogen) atoms. The number of benzene rings is 1. The summed E-state index contributed by atoms with van der Waals surface area (Å²) in [7, 11) is 0. The Kier molecular flexibility index (Phi) is 4.48. The summed E-state index contributed by atoms with van der Waals surface area (Å²) >= 11 is 6.26. The molecule has 1 heterocycles. The quantitative estimate of drug-likeness (QED) is 0.655. The maximum atomic E-state index is 7.59. The zero-order chi connectivity index (χ0) is 15.6. The predicted molar refractivity (Wildman–Crippen MR) is 85.6 cm³/mol. The number of aromatic nitrogens is 1. The first-order valence-electron chi connectivity index (χ1n) is 6.66. The Labute approximate surface area is 129 Å². The van der Waals surface area contributed by atoms with Crippen molar-refractivity contribution in [2.24, 2.45) is 5.73 Å². The Balaban J connectivity index is 2.45. The van der Waals surface area contributed by atoms with E-state index in [4.69, 9.17) is 27.5 Å². The van der Waals surface area contributed by atoms with Crippen molar-refractivity contribution in [2.45, 2.75) is 26.7 Å². The second-order valence-corrected chi connectivity index (χ2v) is 5.59. The van der Waals surface area contributed by atoms with Gasteiger partial charge in [-0.05, 0) is 42.2 Å². The van der Waals surface area contributed by atoms with Crippen molar-refractivity contribution in [3.05, 3.63) is 52.3 Å². The number of nitrogen functional groups attached to an aromatic ring is 1. The molecule has 2 aromatic rings. The van der Waals surface area contributed by atoms with Crippen LogP contribution in [0.4, 0.5) is 0 Å². The summed E-state index contributed by atoms with van der Waals surface area (Å²) in [6.07, 6.45) is 3.14. The van der Waals surface area contributed by atoms with Gasteiger partial charge in [0.15, 0.2) is 5.75 Å². The Bertz CT molecular complexity index is 683. The lowest BCUT2D eigenvalue weighted by Crippen LogP contribution is -2.12. The average molecular weight is 304 g/mol. The van der Waals surface area contributed by atoms with Crippen LogP contribution in [0.1, 0.15) is 36.5 Å². The van der Waals surface area contributed by atoms with Gasteiger partial charge in [-0.25, -0.2) is 0 Å². The molecule has 0 amide bonds. The number of rotatable bonds is 4. The number of hydrogen-bond donors (Lipinski definition) is 2. The molecule has 0 aliphatic heterocycles. The van der Waals surface area contributed by atoms with Crippen LogP contribution in [0.2, 0.25) is 5.02 Å². The average Bonchev–Trinajstić information content (AvgIpc) is 2.41. The molecule has 1 aromatic heterocycles. The van der Waals surface area contributed by atoms with Crippen molar-refractivity contribution in [3.8, 4) is 11.5 Å². The smallest absolute Gasteiger partial charge is 0.156 e.